The van der Waals surface area contributed by atoms with Crippen molar-refractivity contribution in [3.63, 3.8) is 0 Å². The van der Waals surface area contributed by atoms with Gasteiger partial charge in [-0.05, 0) is 25.7 Å². The monoisotopic (exact) mass is 456 g/mol. The zero-order chi connectivity index (χ0) is 21.6. The molecule has 0 spiro atoms. The van der Waals surface area contributed by atoms with E-state index < -0.39 is 0 Å². The SMILES string of the molecule is C=CC(=O)OCCN(SSN(CCOC(=O)C=C)C1CCCCC1)C1CCCCC1. The first-order valence-electron chi connectivity index (χ1n) is 11.1. The summed E-state index contributed by atoms with van der Waals surface area (Å²) in [5.74, 6) is -0.742. The van der Waals surface area contributed by atoms with E-state index in [2.05, 4.69) is 21.8 Å². The number of hydrogen-bond acceptors (Lipinski definition) is 8. The van der Waals surface area contributed by atoms with Gasteiger partial charge in [-0.2, -0.15) is 0 Å². The molecule has 30 heavy (non-hydrogen) atoms. The predicted molar refractivity (Wildman–Crippen MR) is 125 cm³/mol. The van der Waals surface area contributed by atoms with Crippen LogP contribution in [0.25, 0.3) is 0 Å². The van der Waals surface area contributed by atoms with Gasteiger partial charge in [0.15, 0.2) is 0 Å². The molecule has 0 heterocycles. The van der Waals surface area contributed by atoms with Crippen molar-refractivity contribution < 1.29 is 19.1 Å². The standard InChI is InChI=1S/C22H36N2O4S2/c1-3-21(25)27-17-15-23(19-11-7-5-8-12-19)29-30-24(16-18-28-22(26)4-2)20-13-9-6-10-14-20/h3-4,19-20H,1-2,5-18H2. The molecular weight excluding hydrogens is 420 g/mol. The fraction of sp³-hybridized carbons (Fsp3) is 0.727. The van der Waals surface area contributed by atoms with Crippen LogP contribution in [-0.4, -0.2) is 58.9 Å². The van der Waals surface area contributed by atoms with Crippen LogP contribution in [0.1, 0.15) is 64.2 Å². The molecule has 170 valence electrons. The molecule has 0 atom stereocenters. The number of esters is 2. The average Bonchev–Trinajstić information content (AvgIpc) is 2.80. The molecular formula is C22H36N2O4S2. The summed E-state index contributed by atoms with van der Waals surface area (Å²) in [6, 6.07) is 1.01. The van der Waals surface area contributed by atoms with Crippen molar-refractivity contribution >= 4 is 33.9 Å². The minimum Gasteiger partial charge on any atom is -0.461 e. The van der Waals surface area contributed by atoms with Crippen molar-refractivity contribution in [2.75, 3.05) is 26.3 Å². The first-order valence-corrected chi connectivity index (χ1v) is 13.2. The molecule has 2 fully saturated rings. The molecule has 2 aliphatic carbocycles. The first kappa shape index (κ1) is 25.3. The lowest BCUT2D eigenvalue weighted by Crippen LogP contribution is -2.37. The van der Waals surface area contributed by atoms with Crippen LogP contribution in [0.2, 0.25) is 0 Å². The van der Waals surface area contributed by atoms with E-state index in [0.29, 0.717) is 38.4 Å². The van der Waals surface area contributed by atoms with Crippen molar-refractivity contribution in [2.45, 2.75) is 76.3 Å². The lowest BCUT2D eigenvalue weighted by atomic mass is 9.95. The average molecular weight is 457 g/mol. The van der Waals surface area contributed by atoms with Crippen LogP contribution in [0.15, 0.2) is 25.3 Å². The molecule has 0 aromatic carbocycles. The Morgan fingerprint density at radius 1 is 0.733 bits per heavy atom. The number of nitrogens with zero attached hydrogens (tertiary/aromatic N) is 2. The maximum absolute atomic E-state index is 11.4. The topological polar surface area (TPSA) is 59.1 Å². The summed E-state index contributed by atoms with van der Waals surface area (Å²) >= 11 is 0. The Morgan fingerprint density at radius 3 is 1.43 bits per heavy atom. The summed E-state index contributed by atoms with van der Waals surface area (Å²) in [6.07, 6.45) is 14.8. The highest BCUT2D eigenvalue weighted by atomic mass is 33.1. The lowest BCUT2D eigenvalue weighted by molar-refractivity contribution is -0.138. The molecule has 6 nitrogen and oxygen atoms in total. The van der Waals surface area contributed by atoms with Gasteiger partial charge in [0.2, 0.25) is 0 Å². The van der Waals surface area contributed by atoms with Crippen molar-refractivity contribution in [1.29, 1.82) is 0 Å². The van der Waals surface area contributed by atoms with Gasteiger partial charge in [-0.3, -0.25) is 0 Å². The maximum atomic E-state index is 11.4. The number of ether oxygens (including phenoxy) is 2. The second-order valence-corrected chi connectivity index (χ2v) is 9.89. The normalized spacial score (nSPS) is 18.3. The highest BCUT2D eigenvalue weighted by molar-refractivity contribution is 8.74. The molecule has 0 aromatic rings. The third-order valence-electron chi connectivity index (χ3n) is 5.63. The van der Waals surface area contributed by atoms with Crippen molar-refractivity contribution in [3.8, 4) is 0 Å². The molecule has 0 aromatic heterocycles. The summed E-state index contributed by atoms with van der Waals surface area (Å²) < 4.78 is 15.2. The second-order valence-electron chi connectivity index (χ2n) is 7.76. The molecule has 0 bridgehead atoms. The van der Waals surface area contributed by atoms with Crippen LogP contribution in [0.3, 0.4) is 0 Å². The lowest BCUT2D eigenvalue weighted by Gasteiger charge is -2.36. The van der Waals surface area contributed by atoms with E-state index in [-0.39, 0.29) is 11.9 Å². The van der Waals surface area contributed by atoms with Crippen LogP contribution < -0.4 is 0 Å². The molecule has 0 amide bonds. The molecule has 0 N–H and O–H groups in total. The Balaban J connectivity index is 1.92. The van der Waals surface area contributed by atoms with Gasteiger partial charge in [-0.25, -0.2) is 18.2 Å². The van der Waals surface area contributed by atoms with E-state index in [1.807, 2.05) is 0 Å². The molecule has 2 rings (SSSR count). The van der Waals surface area contributed by atoms with Gasteiger partial charge in [-0.15, -0.1) is 0 Å². The van der Waals surface area contributed by atoms with Crippen molar-refractivity contribution in [3.05, 3.63) is 25.3 Å². The fourth-order valence-electron chi connectivity index (χ4n) is 3.98. The zero-order valence-corrected chi connectivity index (χ0v) is 19.6. The summed E-state index contributed by atoms with van der Waals surface area (Å²) in [4.78, 5) is 22.8. The quantitative estimate of drug-likeness (QED) is 0.167. The van der Waals surface area contributed by atoms with Crippen molar-refractivity contribution in [2.24, 2.45) is 0 Å². The van der Waals surface area contributed by atoms with Crippen LogP contribution in [-0.2, 0) is 19.1 Å². The van der Waals surface area contributed by atoms with Gasteiger partial charge in [-0.1, -0.05) is 51.7 Å². The molecule has 2 saturated carbocycles. The van der Waals surface area contributed by atoms with E-state index in [0.717, 1.165) is 0 Å². The number of carbonyl (C=O) groups excluding carboxylic acids is 2. The Bertz CT molecular complexity index is 501. The minimum absolute atomic E-state index is 0.370. The Labute approximate surface area is 189 Å². The van der Waals surface area contributed by atoms with E-state index in [4.69, 9.17) is 9.47 Å². The maximum Gasteiger partial charge on any atom is 0.330 e. The van der Waals surface area contributed by atoms with Gasteiger partial charge in [0, 0.05) is 59.3 Å². The van der Waals surface area contributed by atoms with Crippen LogP contribution in [0.5, 0.6) is 0 Å². The molecule has 2 aliphatic rings. The molecule has 0 saturated heterocycles. The van der Waals surface area contributed by atoms with Crippen LogP contribution in [0, 0.1) is 0 Å². The Kier molecular flexibility index (Phi) is 12.6. The molecule has 0 aliphatic heterocycles. The summed E-state index contributed by atoms with van der Waals surface area (Å²) in [7, 11) is 3.50. The van der Waals surface area contributed by atoms with Gasteiger partial charge < -0.3 is 9.47 Å². The van der Waals surface area contributed by atoms with E-state index in [1.165, 1.54) is 76.4 Å². The predicted octanol–water partition coefficient (Wildman–Crippen LogP) is 4.93. The summed E-state index contributed by atoms with van der Waals surface area (Å²) in [6.45, 7) is 9.06. The second kappa shape index (κ2) is 14.9. The fourth-order valence-corrected chi connectivity index (χ4v) is 6.80. The Morgan fingerprint density at radius 2 is 1.10 bits per heavy atom. The van der Waals surface area contributed by atoms with Crippen molar-refractivity contribution in [1.82, 2.24) is 8.61 Å². The smallest absolute Gasteiger partial charge is 0.330 e. The van der Waals surface area contributed by atoms with E-state index >= 15 is 0 Å². The third kappa shape index (κ3) is 9.45. The highest BCUT2D eigenvalue weighted by Crippen LogP contribution is 2.38. The van der Waals surface area contributed by atoms with Gasteiger partial charge >= 0.3 is 11.9 Å². The largest absolute Gasteiger partial charge is 0.461 e. The van der Waals surface area contributed by atoms with Gasteiger partial charge in [0.1, 0.15) is 13.2 Å². The zero-order valence-electron chi connectivity index (χ0n) is 18.0. The van der Waals surface area contributed by atoms with Gasteiger partial charge in [0.05, 0.1) is 0 Å². The minimum atomic E-state index is -0.371. The molecule has 0 unspecified atom stereocenters. The summed E-state index contributed by atoms with van der Waals surface area (Å²) in [5.41, 5.74) is 0. The molecule has 8 heteroatoms. The van der Waals surface area contributed by atoms with E-state index in [9.17, 15) is 9.59 Å². The summed E-state index contributed by atoms with van der Waals surface area (Å²) in [5, 5.41) is 0. The number of rotatable bonds is 13. The highest BCUT2D eigenvalue weighted by Gasteiger charge is 2.26. The van der Waals surface area contributed by atoms with Gasteiger partial charge in [0.25, 0.3) is 0 Å². The van der Waals surface area contributed by atoms with Crippen LogP contribution >= 0.6 is 22.0 Å². The third-order valence-corrected chi connectivity index (χ3v) is 8.39. The Hall–Kier alpha value is -0.960. The molecule has 0 radical (unpaired) electrons. The number of carbonyl (C=O) groups is 2. The van der Waals surface area contributed by atoms with E-state index in [1.54, 1.807) is 22.0 Å². The van der Waals surface area contributed by atoms with Crippen LogP contribution in [0.4, 0.5) is 0 Å². The first-order chi connectivity index (χ1) is 14.6. The number of hydrogen-bond donors (Lipinski definition) is 0.